The van der Waals surface area contributed by atoms with E-state index in [9.17, 15) is 9.59 Å². The van der Waals surface area contributed by atoms with Crippen LogP contribution in [0.5, 0.6) is 0 Å². The van der Waals surface area contributed by atoms with Crippen LogP contribution in [-0.2, 0) is 9.59 Å². The maximum absolute atomic E-state index is 11.3. The quantitative estimate of drug-likeness (QED) is 0.778. The minimum Gasteiger partial charge on any atom is -0.478 e. The Kier molecular flexibility index (Phi) is 6.24. The van der Waals surface area contributed by atoms with Crippen LogP contribution in [0.15, 0.2) is 28.7 Å². The predicted molar refractivity (Wildman–Crippen MR) is 82.8 cm³/mol. The second-order valence-corrected chi connectivity index (χ2v) is 5.14. The molecular formula is C14H17BrN2O3. The normalized spacial score (nSPS) is 10.6. The molecule has 5 nitrogen and oxygen atoms in total. The van der Waals surface area contributed by atoms with E-state index in [4.69, 9.17) is 5.11 Å². The van der Waals surface area contributed by atoms with Gasteiger partial charge in [-0.15, -0.1) is 0 Å². The zero-order chi connectivity index (χ0) is 15.1. The van der Waals surface area contributed by atoms with Crippen molar-refractivity contribution in [1.29, 1.82) is 0 Å². The molecule has 0 saturated carbocycles. The van der Waals surface area contributed by atoms with E-state index in [0.29, 0.717) is 13.0 Å². The monoisotopic (exact) mass is 340 g/mol. The molecule has 0 aliphatic rings. The summed E-state index contributed by atoms with van der Waals surface area (Å²) in [5.41, 5.74) is 1.65. The van der Waals surface area contributed by atoms with Crippen molar-refractivity contribution in [2.75, 3.05) is 25.5 Å². The zero-order valence-corrected chi connectivity index (χ0v) is 13.0. The maximum Gasteiger partial charge on any atom is 0.328 e. The molecule has 0 unspecified atom stereocenters. The topological polar surface area (TPSA) is 69.6 Å². The number of carbonyl (C=O) groups is 2. The summed E-state index contributed by atoms with van der Waals surface area (Å²) in [5.74, 6) is -1.03. The largest absolute Gasteiger partial charge is 0.478 e. The summed E-state index contributed by atoms with van der Waals surface area (Å²) in [6.07, 6.45) is 3.02. The number of hydrogen-bond donors (Lipinski definition) is 2. The van der Waals surface area contributed by atoms with E-state index in [1.165, 1.54) is 0 Å². The van der Waals surface area contributed by atoms with Gasteiger partial charge in [0.1, 0.15) is 0 Å². The lowest BCUT2D eigenvalue weighted by Crippen LogP contribution is -2.26. The molecule has 0 bridgehead atoms. The third kappa shape index (κ3) is 5.05. The van der Waals surface area contributed by atoms with Gasteiger partial charge in [-0.3, -0.25) is 4.79 Å². The number of benzene rings is 1. The fourth-order valence-corrected chi connectivity index (χ4v) is 2.01. The van der Waals surface area contributed by atoms with Gasteiger partial charge in [0.15, 0.2) is 0 Å². The van der Waals surface area contributed by atoms with Crippen LogP contribution in [0.3, 0.4) is 0 Å². The average molecular weight is 341 g/mol. The van der Waals surface area contributed by atoms with Gasteiger partial charge in [-0.05, 0) is 23.8 Å². The molecule has 0 atom stereocenters. The third-order valence-electron chi connectivity index (χ3n) is 2.76. The van der Waals surface area contributed by atoms with Gasteiger partial charge >= 0.3 is 5.97 Å². The summed E-state index contributed by atoms with van der Waals surface area (Å²) >= 11 is 3.39. The molecule has 0 fully saturated rings. The molecule has 108 valence electrons. The Balaban J connectivity index is 2.93. The first-order chi connectivity index (χ1) is 9.43. The Labute approximate surface area is 126 Å². The molecule has 0 aliphatic carbocycles. The van der Waals surface area contributed by atoms with Crippen LogP contribution in [0.4, 0.5) is 5.69 Å². The van der Waals surface area contributed by atoms with E-state index in [0.717, 1.165) is 21.8 Å². The first-order valence-electron chi connectivity index (χ1n) is 6.06. The Bertz CT molecular complexity index is 529. The fourth-order valence-electron chi connectivity index (χ4n) is 1.66. The van der Waals surface area contributed by atoms with Crippen LogP contribution >= 0.6 is 15.9 Å². The highest BCUT2D eigenvalue weighted by atomic mass is 79.9. The van der Waals surface area contributed by atoms with Gasteiger partial charge < -0.3 is 15.3 Å². The van der Waals surface area contributed by atoms with Gasteiger partial charge in [-0.25, -0.2) is 4.79 Å². The molecule has 6 heteroatoms. The Morgan fingerprint density at radius 2 is 2.15 bits per heavy atom. The molecule has 0 radical (unpaired) electrons. The lowest BCUT2D eigenvalue weighted by molar-refractivity contribution is -0.131. The van der Waals surface area contributed by atoms with Crippen LogP contribution in [0, 0.1) is 0 Å². The predicted octanol–water partition coefficient (Wildman–Crippen LogP) is 2.12. The van der Waals surface area contributed by atoms with Crippen molar-refractivity contribution in [3.05, 3.63) is 34.3 Å². The molecule has 0 spiro atoms. The van der Waals surface area contributed by atoms with Crippen LogP contribution in [0.1, 0.15) is 12.0 Å². The van der Waals surface area contributed by atoms with Crippen molar-refractivity contribution in [1.82, 2.24) is 5.32 Å². The highest BCUT2D eigenvalue weighted by Crippen LogP contribution is 2.25. The summed E-state index contributed by atoms with van der Waals surface area (Å²) in [6, 6.07) is 5.57. The second kappa shape index (κ2) is 7.69. The van der Waals surface area contributed by atoms with Crippen molar-refractivity contribution in [2.24, 2.45) is 0 Å². The number of halogens is 1. The second-order valence-electron chi connectivity index (χ2n) is 4.22. The highest BCUT2D eigenvalue weighted by Gasteiger charge is 2.08. The SMILES string of the molecule is CNC(=O)CCN(C)c1cc(Br)ccc1/C=C/C(=O)O. The molecule has 1 aromatic rings. The summed E-state index contributed by atoms with van der Waals surface area (Å²) in [7, 11) is 3.46. The van der Waals surface area contributed by atoms with Gasteiger partial charge in [0, 0.05) is 43.3 Å². The number of anilines is 1. The number of carbonyl (C=O) groups excluding carboxylic acids is 1. The van der Waals surface area contributed by atoms with Crippen molar-refractivity contribution in [3.8, 4) is 0 Å². The number of rotatable bonds is 6. The first kappa shape index (κ1) is 16.2. The highest BCUT2D eigenvalue weighted by molar-refractivity contribution is 9.10. The number of hydrogen-bond acceptors (Lipinski definition) is 3. The molecule has 1 rings (SSSR count). The molecule has 20 heavy (non-hydrogen) atoms. The lowest BCUT2D eigenvalue weighted by Gasteiger charge is -2.21. The number of aliphatic carboxylic acids is 1. The van der Waals surface area contributed by atoms with Crippen LogP contribution in [-0.4, -0.2) is 37.6 Å². The van der Waals surface area contributed by atoms with Gasteiger partial charge in [-0.1, -0.05) is 22.0 Å². The van der Waals surface area contributed by atoms with Gasteiger partial charge in [0.25, 0.3) is 0 Å². The van der Waals surface area contributed by atoms with Crippen molar-refractivity contribution in [3.63, 3.8) is 0 Å². The average Bonchev–Trinajstić information content (AvgIpc) is 2.42. The molecule has 0 heterocycles. The molecule has 1 aromatic carbocycles. The number of amides is 1. The Hall–Kier alpha value is -1.82. The third-order valence-corrected chi connectivity index (χ3v) is 3.26. The van der Waals surface area contributed by atoms with E-state index < -0.39 is 5.97 Å². The van der Waals surface area contributed by atoms with Crippen molar-refractivity contribution < 1.29 is 14.7 Å². The smallest absolute Gasteiger partial charge is 0.328 e. The molecule has 2 N–H and O–H groups in total. The van der Waals surface area contributed by atoms with Crippen LogP contribution in [0.2, 0.25) is 0 Å². The van der Waals surface area contributed by atoms with Gasteiger partial charge in [-0.2, -0.15) is 0 Å². The van der Waals surface area contributed by atoms with Crippen molar-refractivity contribution in [2.45, 2.75) is 6.42 Å². The summed E-state index contributed by atoms with van der Waals surface area (Å²) < 4.78 is 0.895. The molecule has 0 aromatic heterocycles. The van der Waals surface area contributed by atoms with E-state index in [-0.39, 0.29) is 5.91 Å². The fraction of sp³-hybridized carbons (Fsp3) is 0.286. The number of carboxylic acids is 1. The Morgan fingerprint density at radius 3 is 2.75 bits per heavy atom. The molecular weight excluding hydrogens is 324 g/mol. The number of carboxylic acid groups (broad SMARTS) is 1. The van der Waals surface area contributed by atoms with E-state index >= 15 is 0 Å². The van der Waals surface area contributed by atoms with E-state index in [1.54, 1.807) is 13.1 Å². The molecule has 0 saturated heterocycles. The lowest BCUT2D eigenvalue weighted by atomic mass is 10.1. The summed E-state index contributed by atoms with van der Waals surface area (Å²) in [4.78, 5) is 23.8. The number of nitrogens with one attached hydrogen (secondary N) is 1. The molecule has 0 aliphatic heterocycles. The van der Waals surface area contributed by atoms with Gasteiger partial charge in [0.2, 0.25) is 5.91 Å². The van der Waals surface area contributed by atoms with Crippen LogP contribution < -0.4 is 10.2 Å². The molecule has 1 amide bonds. The van der Waals surface area contributed by atoms with E-state index in [2.05, 4.69) is 21.2 Å². The minimum absolute atomic E-state index is 0.0329. The van der Waals surface area contributed by atoms with E-state index in [1.807, 2.05) is 30.1 Å². The summed E-state index contributed by atoms with van der Waals surface area (Å²) in [5, 5.41) is 11.3. The van der Waals surface area contributed by atoms with Gasteiger partial charge in [0.05, 0.1) is 0 Å². The minimum atomic E-state index is -0.994. The first-order valence-corrected chi connectivity index (χ1v) is 6.85. The zero-order valence-electron chi connectivity index (χ0n) is 11.4. The van der Waals surface area contributed by atoms with Crippen molar-refractivity contribution >= 4 is 39.6 Å². The van der Waals surface area contributed by atoms with Crippen LogP contribution in [0.25, 0.3) is 6.08 Å². The Morgan fingerprint density at radius 1 is 1.45 bits per heavy atom. The maximum atomic E-state index is 11.3. The summed E-state index contributed by atoms with van der Waals surface area (Å²) in [6.45, 7) is 0.546. The number of nitrogens with zero attached hydrogens (tertiary/aromatic N) is 1. The standard InChI is InChI=1S/C14H17BrN2O3/c1-16-13(18)7-8-17(2)12-9-11(15)5-3-10(12)4-6-14(19)20/h3-6,9H,7-8H2,1-2H3,(H,16,18)(H,19,20)/b6-4+.